The predicted molar refractivity (Wildman–Crippen MR) is 122 cm³/mol. The second-order valence-electron chi connectivity index (χ2n) is 8.86. The number of alkyl halides is 5. The number of nitrogens with zero attached hydrogens (tertiary/aromatic N) is 3. The predicted octanol–water partition coefficient (Wildman–Crippen LogP) is 5.15. The fourth-order valence-corrected chi connectivity index (χ4v) is 4.49. The lowest BCUT2D eigenvalue weighted by atomic mass is 9.86. The van der Waals surface area contributed by atoms with Crippen LogP contribution in [0.3, 0.4) is 0 Å². The van der Waals surface area contributed by atoms with E-state index in [0.717, 1.165) is 12.1 Å². The minimum absolute atomic E-state index is 0.0637. The highest BCUT2D eigenvalue weighted by atomic mass is 19.4. The van der Waals surface area contributed by atoms with Gasteiger partial charge in [-0.2, -0.15) is 13.2 Å². The topological polar surface area (TPSA) is 76.3 Å². The van der Waals surface area contributed by atoms with Crippen LogP contribution in [-0.4, -0.2) is 59.0 Å². The van der Waals surface area contributed by atoms with Gasteiger partial charge in [0, 0.05) is 56.9 Å². The number of amides is 2. The van der Waals surface area contributed by atoms with Crippen molar-refractivity contribution in [3.63, 3.8) is 0 Å². The molecule has 12 heteroatoms. The molecule has 1 saturated heterocycles. The number of fused-ring (bicyclic) bond motifs is 1. The molecule has 2 aliphatic rings. The first-order valence-corrected chi connectivity index (χ1v) is 11.2. The third kappa shape index (κ3) is 5.02. The van der Waals surface area contributed by atoms with Gasteiger partial charge in [0.15, 0.2) is 0 Å². The average Bonchev–Trinajstić information content (AvgIpc) is 3.19. The summed E-state index contributed by atoms with van der Waals surface area (Å²) in [5, 5.41) is 5.17. The Balaban J connectivity index is 1.22. The van der Waals surface area contributed by atoms with Gasteiger partial charge < -0.3 is 20.5 Å². The van der Waals surface area contributed by atoms with Crippen molar-refractivity contribution in [2.75, 3.05) is 41.7 Å². The number of H-pyrrole nitrogens is 1. The summed E-state index contributed by atoms with van der Waals surface area (Å²) in [5.41, 5.74) is 1.07. The molecular weight excluding hydrogens is 471 g/mol. The zero-order valence-corrected chi connectivity index (χ0v) is 18.5. The van der Waals surface area contributed by atoms with Gasteiger partial charge >= 0.3 is 12.2 Å². The lowest BCUT2D eigenvalue weighted by molar-refractivity contribution is -0.137. The van der Waals surface area contributed by atoms with E-state index < -0.39 is 23.7 Å². The summed E-state index contributed by atoms with van der Waals surface area (Å²) in [6, 6.07) is 7.16. The quantitative estimate of drug-likeness (QED) is 0.439. The summed E-state index contributed by atoms with van der Waals surface area (Å²) in [6.07, 6.45) is -3.02. The van der Waals surface area contributed by atoms with E-state index in [0.29, 0.717) is 48.7 Å². The van der Waals surface area contributed by atoms with Gasteiger partial charge in [0.05, 0.1) is 16.8 Å². The van der Waals surface area contributed by atoms with E-state index in [4.69, 9.17) is 0 Å². The summed E-state index contributed by atoms with van der Waals surface area (Å²) in [7, 11) is 0. The standard InChI is InChI=1S/C23H23F5N6O/c24-22(25)11-16(12-22)33-7-9-34(10-8-33)19-6-5-17-20(32-19)18(13-29-17)31-21(35)30-15-3-1-14(2-4-15)23(26,27)28/h1-6,13,16,29H,7-12H2,(H2,30,31,35). The molecule has 2 amide bonds. The number of hydrogen-bond donors (Lipinski definition) is 3. The van der Waals surface area contributed by atoms with E-state index >= 15 is 0 Å². The molecule has 186 valence electrons. The molecule has 35 heavy (non-hydrogen) atoms. The zero-order chi connectivity index (χ0) is 24.8. The molecule has 3 N–H and O–H groups in total. The maximum absolute atomic E-state index is 13.2. The second-order valence-corrected chi connectivity index (χ2v) is 8.86. The van der Waals surface area contributed by atoms with Crippen molar-refractivity contribution in [1.82, 2.24) is 14.9 Å². The Labute approximate surface area is 197 Å². The van der Waals surface area contributed by atoms with Crippen molar-refractivity contribution in [1.29, 1.82) is 0 Å². The Morgan fingerprint density at radius 2 is 1.69 bits per heavy atom. The maximum atomic E-state index is 13.2. The normalized spacial score (nSPS) is 18.9. The van der Waals surface area contributed by atoms with Gasteiger partial charge in [-0.1, -0.05) is 0 Å². The molecule has 0 atom stereocenters. The van der Waals surface area contributed by atoms with Gasteiger partial charge in [0.1, 0.15) is 11.3 Å². The molecule has 1 saturated carbocycles. The molecule has 0 unspecified atom stereocenters. The Morgan fingerprint density at radius 1 is 1.00 bits per heavy atom. The van der Waals surface area contributed by atoms with Gasteiger partial charge in [-0.05, 0) is 36.4 Å². The molecule has 1 aliphatic carbocycles. The molecule has 3 heterocycles. The van der Waals surface area contributed by atoms with Crippen LogP contribution in [0.15, 0.2) is 42.6 Å². The SMILES string of the molecule is O=C(Nc1ccc(C(F)(F)F)cc1)Nc1c[nH]c2ccc(N3CCN(C4CC(F)(F)C4)CC3)nc12. The van der Waals surface area contributed by atoms with Crippen molar-refractivity contribution in [3.8, 4) is 0 Å². The molecule has 3 aromatic rings. The third-order valence-electron chi connectivity index (χ3n) is 6.45. The maximum Gasteiger partial charge on any atom is 0.416 e. The number of urea groups is 1. The number of nitrogens with one attached hydrogen (secondary N) is 3. The summed E-state index contributed by atoms with van der Waals surface area (Å²) in [6.45, 7) is 2.66. The smallest absolute Gasteiger partial charge is 0.358 e. The number of halogens is 5. The lowest BCUT2D eigenvalue weighted by Crippen LogP contribution is -2.57. The molecule has 0 bridgehead atoms. The first-order valence-electron chi connectivity index (χ1n) is 11.2. The highest BCUT2D eigenvalue weighted by Gasteiger charge is 2.48. The first kappa shape index (κ1) is 23.3. The van der Waals surface area contributed by atoms with E-state index in [1.54, 1.807) is 6.20 Å². The minimum atomic E-state index is -4.45. The Kier molecular flexibility index (Phi) is 5.78. The van der Waals surface area contributed by atoms with E-state index in [1.165, 1.54) is 12.1 Å². The number of aromatic amines is 1. The number of rotatable bonds is 4. The number of benzene rings is 1. The number of aromatic nitrogens is 2. The van der Waals surface area contributed by atoms with Crippen LogP contribution >= 0.6 is 0 Å². The van der Waals surface area contributed by atoms with Crippen LogP contribution in [0.5, 0.6) is 0 Å². The van der Waals surface area contributed by atoms with Crippen molar-refractivity contribution in [3.05, 3.63) is 48.2 Å². The highest BCUT2D eigenvalue weighted by Crippen LogP contribution is 2.40. The van der Waals surface area contributed by atoms with Gasteiger partial charge in [-0.25, -0.2) is 18.6 Å². The van der Waals surface area contributed by atoms with E-state index in [1.807, 2.05) is 12.1 Å². The van der Waals surface area contributed by atoms with Crippen molar-refractivity contribution >= 4 is 34.3 Å². The zero-order valence-electron chi connectivity index (χ0n) is 18.5. The van der Waals surface area contributed by atoms with Crippen LogP contribution in [0.4, 0.5) is 43.9 Å². The largest absolute Gasteiger partial charge is 0.416 e. The van der Waals surface area contributed by atoms with Crippen LogP contribution in [0.2, 0.25) is 0 Å². The summed E-state index contributed by atoms with van der Waals surface area (Å²) >= 11 is 0. The van der Waals surface area contributed by atoms with Gasteiger partial charge in [-0.15, -0.1) is 0 Å². The fraction of sp³-hybridized carbons (Fsp3) is 0.391. The van der Waals surface area contributed by atoms with E-state index in [9.17, 15) is 26.7 Å². The number of anilines is 3. The number of pyridine rings is 1. The summed E-state index contributed by atoms with van der Waals surface area (Å²) < 4.78 is 64.5. The molecule has 2 aromatic heterocycles. The fourth-order valence-electron chi connectivity index (χ4n) is 4.49. The Morgan fingerprint density at radius 3 is 2.31 bits per heavy atom. The summed E-state index contributed by atoms with van der Waals surface area (Å²) in [4.78, 5) is 24.3. The van der Waals surface area contributed by atoms with Crippen LogP contribution in [-0.2, 0) is 6.18 Å². The molecule has 0 radical (unpaired) electrons. The Hall–Kier alpha value is -3.41. The number of hydrogen-bond acceptors (Lipinski definition) is 4. The summed E-state index contributed by atoms with van der Waals surface area (Å²) in [5.74, 6) is -1.83. The lowest BCUT2D eigenvalue weighted by Gasteiger charge is -2.46. The van der Waals surface area contributed by atoms with Crippen LogP contribution in [0.1, 0.15) is 18.4 Å². The highest BCUT2D eigenvalue weighted by molar-refractivity contribution is 6.05. The van der Waals surface area contributed by atoms with Crippen molar-refractivity contribution in [2.45, 2.75) is 31.0 Å². The van der Waals surface area contributed by atoms with Crippen LogP contribution < -0.4 is 15.5 Å². The van der Waals surface area contributed by atoms with Crippen molar-refractivity contribution in [2.24, 2.45) is 0 Å². The van der Waals surface area contributed by atoms with Gasteiger partial charge in [0.25, 0.3) is 5.92 Å². The van der Waals surface area contributed by atoms with E-state index in [2.05, 4.69) is 30.4 Å². The average molecular weight is 494 g/mol. The van der Waals surface area contributed by atoms with E-state index in [-0.39, 0.29) is 24.6 Å². The number of carbonyl (C=O) groups is 1. The molecular formula is C23H23F5N6O. The molecule has 1 aromatic carbocycles. The third-order valence-corrected chi connectivity index (χ3v) is 6.45. The van der Waals surface area contributed by atoms with Gasteiger partial charge in [0.2, 0.25) is 0 Å². The molecule has 2 fully saturated rings. The number of carbonyl (C=O) groups excluding carboxylic acids is 1. The van der Waals surface area contributed by atoms with Crippen LogP contribution in [0, 0.1) is 0 Å². The number of piperazine rings is 1. The molecule has 7 nitrogen and oxygen atoms in total. The monoisotopic (exact) mass is 494 g/mol. The minimum Gasteiger partial charge on any atom is -0.358 e. The second kappa shape index (κ2) is 8.67. The van der Waals surface area contributed by atoms with Crippen LogP contribution in [0.25, 0.3) is 11.0 Å². The Bertz CT molecular complexity index is 1210. The first-order chi connectivity index (χ1) is 16.6. The van der Waals surface area contributed by atoms with Crippen molar-refractivity contribution < 1.29 is 26.7 Å². The molecule has 0 spiro atoms. The molecule has 5 rings (SSSR count). The van der Waals surface area contributed by atoms with Gasteiger partial charge in [-0.3, -0.25) is 4.90 Å². The molecule has 1 aliphatic heterocycles.